The van der Waals surface area contributed by atoms with E-state index in [-0.39, 0.29) is 12.5 Å². The first-order chi connectivity index (χ1) is 10.2. The summed E-state index contributed by atoms with van der Waals surface area (Å²) < 4.78 is 42.7. The van der Waals surface area contributed by atoms with Crippen molar-refractivity contribution >= 4 is 5.91 Å². The highest BCUT2D eigenvalue weighted by Crippen LogP contribution is 2.38. The van der Waals surface area contributed by atoms with Crippen molar-refractivity contribution in [2.75, 3.05) is 13.2 Å². The van der Waals surface area contributed by atoms with Crippen LogP contribution in [0.3, 0.4) is 0 Å². The van der Waals surface area contributed by atoms with E-state index in [9.17, 15) is 18.0 Å². The van der Waals surface area contributed by atoms with Crippen molar-refractivity contribution in [3.05, 3.63) is 23.0 Å². The smallest absolute Gasteiger partial charge is 0.370 e. The number of hydrogen-bond acceptors (Lipinski definition) is 2. The van der Waals surface area contributed by atoms with Gasteiger partial charge in [0.2, 0.25) is 0 Å². The van der Waals surface area contributed by atoms with Crippen LogP contribution < -0.4 is 5.32 Å². The van der Waals surface area contributed by atoms with Crippen LogP contribution in [-0.2, 0) is 4.74 Å². The fraction of sp³-hybridized carbons (Fsp3) is 0.667. The zero-order valence-electron chi connectivity index (χ0n) is 13.0. The summed E-state index contributed by atoms with van der Waals surface area (Å²) in [5.41, 5.74) is 2.51. The lowest BCUT2D eigenvalue weighted by Crippen LogP contribution is -2.37. The van der Waals surface area contributed by atoms with E-state index in [2.05, 4.69) is 14.6 Å². The molecule has 0 bridgehead atoms. The molecule has 0 radical (unpaired) electrons. The van der Waals surface area contributed by atoms with Gasteiger partial charge in [0, 0.05) is 23.5 Å². The maximum atomic E-state index is 12.2. The molecule has 1 atom stereocenters. The SMILES string of the molecule is Cc1cc(C(=O)N[C@@H](C)COCC(F)(F)F)c(C)n1C1CC1. The lowest BCUT2D eigenvalue weighted by molar-refractivity contribution is -0.174. The van der Waals surface area contributed by atoms with Crippen LogP contribution >= 0.6 is 0 Å². The molecule has 0 unspecified atom stereocenters. The molecule has 7 heteroatoms. The first-order valence-corrected chi connectivity index (χ1v) is 7.33. The van der Waals surface area contributed by atoms with Gasteiger partial charge in [-0.2, -0.15) is 13.2 Å². The molecule has 0 aromatic carbocycles. The molecule has 4 nitrogen and oxygen atoms in total. The standard InChI is InChI=1S/C15H21F3N2O2/c1-9(7-22-8-15(16,17)18)19-14(21)13-6-10(2)20(11(13)3)12-4-5-12/h6,9,12H,4-5,7-8H2,1-3H3,(H,19,21)/t9-/m0/s1. The molecule has 124 valence electrons. The van der Waals surface area contributed by atoms with Crippen molar-refractivity contribution in [1.82, 2.24) is 9.88 Å². The molecule has 2 rings (SSSR count). The van der Waals surface area contributed by atoms with Crippen LogP contribution in [0.2, 0.25) is 0 Å². The van der Waals surface area contributed by atoms with Crippen molar-refractivity contribution in [1.29, 1.82) is 0 Å². The minimum atomic E-state index is -4.35. The highest BCUT2D eigenvalue weighted by Gasteiger charge is 2.29. The second kappa shape index (κ2) is 6.32. The van der Waals surface area contributed by atoms with Crippen molar-refractivity contribution in [2.45, 2.75) is 51.9 Å². The van der Waals surface area contributed by atoms with E-state index in [4.69, 9.17) is 0 Å². The summed E-state index contributed by atoms with van der Waals surface area (Å²) in [7, 11) is 0. The number of nitrogens with zero attached hydrogens (tertiary/aromatic N) is 1. The van der Waals surface area contributed by atoms with Gasteiger partial charge in [-0.25, -0.2) is 0 Å². The summed E-state index contributed by atoms with van der Waals surface area (Å²) in [5, 5.41) is 2.68. The molecule has 1 amide bonds. The Balaban J connectivity index is 1.90. The molecule has 1 aromatic heterocycles. The predicted molar refractivity (Wildman–Crippen MR) is 76.0 cm³/mol. The van der Waals surface area contributed by atoms with Crippen molar-refractivity contribution in [3.8, 4) is 0 Å². The second-order valence-corrected chi connectivity index (χ2v) is 5.89. The van der Waals surface area contributed by atoms with Crippen LogP contribution in [0.5, 0.6) is 0 Å². The summed E-state index contributed by atoms with van der Waals surface area (Å²) in [6, 6.07) is 1.82. The zero-order chi connectivity index (χ0) is 16.5. The zero-order valence-corrected chi connectivity index (χ0v) is 13.0. The number of aryl methyl sites for hydroxylation is 1. The van der Waals surface area contributed by atoms with Gasteiger partial charge in [-0.1, -0.05) is 0 Å². The molecule has 1 aliphatic carbocycles. The van der Waals surface area contributed by atoms with Gasteiger partial charge in [0.25, 0.3) is 5.91 Å². The third kappa shape index (κ3) is 4.25. The van der Waals surface area contributed by atoms with E-state index in [1.807, 2.05) is 19.9 Å². The largest absolute Gasteiger partial charge is 0.411 e. The topological polar surface area (TPSA) is 43.3 Å². The van der Waals surface area contributed by atoms with Gasteiger partial charge in [0.15, 0.2) is 0 Å². The maximum absolute atomic E-state index is 12.2. The Labute approximate surface area is 127 Å². The summed E-state index contributed by atoms with van der Waals surface area (Å²) in [6.07, 6.45) is -2.10. The molecule has 1 heterocycles. The highest BCUT2D eigenvalue weighted by atomic mass is 19.4. The summed E-state index contributed by atoms with van der Waals surface area (Å²) >= 11 is 0. The normalized spacial score (nSPS) is 16.6. The van der Waals surface area contributed by atoms with E-state index in [1.54, 1.807) is 6.92 Å². The van der Waals surface area contributed by atoms with Gasteiger partial charge >= 0.3 is 6.18 Å². The molecular weight excluding hydrogens is 297 g/mol. The Morgan fingerprint density at radius 1 is 1.45 bits per heavy atom. The number of carbonyl (C=O) groups excluding carboxylic acids is 1. The monoisotopic (exact) mass is 318 g/mol. The van der Waals surface area contributed by atoms with Crippen LogP contribution in [0.4, 0.5) is 13.2 Å². The summed E-state index contributed by atoms with van der Waals surface area (Å²) in [5.74, 6) is -0.275. The average molecular weight is 318 g/mol. The van der Waals surface area contributed by atoms with E-state index in [0.29, 0.717) is 11.6 Å². The number of halogens is 3. The van der Waals surface area contributed by atoms with E-state index in [0.717, 1.165) is 24.2 Å². The summed E-state index contributed by atoms with van der Waals surface area (Å²) in [6.45, 7) is 3.99. The minimum absolute atomic E-state index is 0.174. The Morgan fingerprint density at radius 2 is 2.09 bits per heavy atom. The van der Waals surface area contributed by atoms with Gasteiger partial charge in [-0.3, -0.25) is 4.79 Å². The molecule has 0 aliphatic heterocycles. The van der Waals surface area contributed by atoms with Crippen LogP contribution in [0, 0.1) is 13.8 Å². The number of alkyl halides is 3. The van der Waals surface area contributed by atoms with Crippen molar-refractivity contribution in [3.63, 3.8) is 0 Å². The van der Waals surface area contributed by atoms with Gasteiger partial charge in [0.05, 0.1) is 12.2 Å². The van der Waals surface area contributed by atoms with Crippen LogP contribution in [0.25, 0.3) is 0 Å². The second-order valence-electron chi connectivity index (χ2n) is 5.89. The van der Waals surface area contributed by atoms with Crippen molar-refractivity contribution in [2.24, 2.45) is 0 Å². The number of rotatable bonds is 6. The lowest BCUT2D eigenvalue weighted by atomic mass is 10.2. The fourth-order valence-corrected chi connectivity index (χ4v) is 2.60. The number of hydrogen-bond donors (Lipinski definition) is 1. The highest BCUT2D eigenvalue weighted by molar-refractivity contribution is 5.95. The van der Waals surface area contributed by atoms with Gasteiger partial charge in [-0.05, 0) is 39.7 Å². The Bertz CT molecular complexity index is 548. The average Bonchev–Trinajstić information content (AvgIpc) is 3.14. The van der Waals surface area contributed by atoms with E-state index >= 15 is 0 Å². The van der Waals surface area contributed by atoms with Gasteiger partial charge < -0.3 is 14.6 Å². The molecule has 1 aliphatic rings. The van der Waals surface area contributed by atoms with Crippen LogP contribution in [-0.4, -0.2) is 35.9 Å². The molecule has 1 aromatic rings. The molecule has 22 heavy (non-hydrogen) atoms. The first kappa shape index (κ1) is 16.9. The quantitative estimate of drug-likeness (QED) is 0.876. The van der Waals surface area contributed by atoms with E-state index < -0.39 is 18.8 Å². The Kier molecular flexibility index (Phi) is 4.84. The number of nitrogens with one attached hydrogen (secondary N) is 1. The third-order valence-electron chi connectivity index (χ3n) is 3.65. The van der Waals surface area contributed by atoms with Crippen LogP contribution in [0.1, 0.15) is 47.6 Å². The van der Waals surface area contributed by atoms with Crippen molar-refractivity contribution < 1.29 is 22.7 Å². The predicted octanol–water partition coefficient (Wildman–Crippen LogP) is 3.14. The molecule has 1 fully saturated rings. The number of ether oxygens (including phenoxy) is 1. The number of amides is 1. The molecule has 0 spiro atoms. The minimum Gasteiger partial charge on any atom is -0.370 e. The third-order valence-corrected chi connectivity index (χ3v) is 3.65. The first-order valence-electron chi connectivity index (χ1n) is 7.33. The summed E-state index contributed by atoms with van der Waals surface area (Å²) in [4.78, 5) is 12.2. The van der Waals surface area contributed by atoms with E-state index in [1.165, 1.54) is 0 Å². The fourth-order valence-electron chi connectivity index (χ4n) is 2.60. The lowest BCUT2D eigenvalue weighted by Gasteiger charge is -2.15. The molecule has 0 saturated heterocycles. The Morgan fingerprint density at radius 3 is 2.64 bits per heavy atom. The van der Waals surface area contributed by atoms with Crippen LogP contribution in [0.15, 0.2) is 6.07 Å². The number of carbonyl (C=O) groups is 1. The molecule has 1 saturated carbocycles. The van der Waals surface area contributed by atoms with Gasteiger partial charge in [-0.15, -0.1) is 0 Å². The van der Waals surface area contributed by atoms with Gasteiger partial charge in [0.1, 0.15) is 6.61 Å². The maximum Gasteiger partial charge on any atom is 0.411 e. The number of aromatic nitrogens is 1. The molecule has 1 N–H and O–H groups in total. The molecular formula is C15H21F3N2O2. The Hall–Kier alpha value is -1.50.